The van der Waals surface area contributed by atoms with E-state index in [-0.39, 0.29) is 0 Å². The lowest BCUT2D eigenvalue weighted by atomic mass is 9.99. The fraction of sp³-hybridized carbons (Fsp3) is 0. The van der Waals surface area contributed by atoms with Gasteiger partial charge < -0.3 is 4.74 Å². The first-order chi connectivity index (χ1) is 10.3. The molecule has 0 N–H and O–H groups in total. The van der Waals surface area contributed by atoms with E-state index >= 15 is 0 Å². The van der Waals surface area contributed by atoms with Crippen LogP contribution in [0.5, 0.6) is 5.75 Å². The fourth-order valence-electron chi connectivity index (χ4n) is 2.68. The smallest absolute Gasteiger partial charge is 0.135 e. The Morgan fingerprint density at radius 3 is 2.38 bits per heavy atom. The van der Waals surface area contributed by atoms with E-state index < -0.39 is 0 Å². The summed E-state index contributed by atoms with van der Waals surface area (Å²) in [6.07, 6.45) is 2.05. The molecule has 1 aliphatic heterocycles. The predicted octanol–water partition coefficient (Wildman–Crippen LogP) is 4.60. The van der Waals surface area contributed by atoms with Gasteiger partial charge in [-0.15, -0.1) is 0 Å². The standard InChI is InChI=1S/C19H11NO/c20-12-13-7-9-14(10-8-13)18-11-16-5-1-3-15-4-2-6-17(21-18)19(15)16/h1-11H. The van der Waals surface area contributed by atoms with Crippen molar-refractivity contribution in [1.29, 1.82) is 5.26 Å². The fourth-order valence-corrected chi connectivity index (χ4v) is 2.68. The molecule has 0 aromatic heterocycles. The third-order valence-electron chi connectivity index (χ3n) is 3.70. The summed E-state index contributed by atoms with van der Waals surface area (Å²) in [6, 6.07) is 21.9. The van der Waals surface area contributed by atoms with E-state index in [1.807, 2.05) is 24.3 Å². The first-order valence-corrected chi connectivity index (χ1v) is 6.77. The second kappa shape index (κ2) is 4.50. The predicted molar refractivity (Wildman–Crippen MR) is 83.6 cm³/mol. The monoisotopic (exact) mass is 269 g/mol. The minimum Gasteiger partial charge on any atom is -0.456 e. The zero-order valence-corrected chi connectivity index (χ0v) is 11.2. The number of nitriles is 1. The van der Waals surface area contributed by atoms with Crippen molar-refractivity contribution in [3.05, 3.63) is 77.4 Å². The summed E-state index contributed by atoms with van der Waals surface area (Å²) in [5.74, 6) is 1.69. The van der Waals surface area contributed by atoms with Crippen LogP contribution in [0.3, 0.4) is 0 Å². The molecule has 3 aromatic rings. The second-order valence-electron chi connectivity index (χ2n) is 5.00. The van der Waals surface area contributed by atoms with Gasteiger partial charge in [0.05, 0.1) is 11.6 Å². The van der Waals surface area contributed by atoms with Gasteiger partial charge in [0, 0.05) is 10.9 Å². The van der Waals surface area contributed by atoms with Crippen LogP contribution in [0.2, 0.25) is 0 Å². The van der Waals surface area contributed by atoms with Crippen LogP contribution in [0, 0.1) is 11.3 Å². The van der Waals surface area contributed by atoms with Gasteiger partial charge in [0.15, 0.2) is 0 Å². The van der Waals surface area contributed by atoms with Crippen molar-refractivity contribution in [2.24, 2.45) is 0 Å². The Hall–Kier alpha value is -3.05. The van der Waals surface area contributed by atoms with E-state index in [1.54, 1.807) is 12.1 Å². The molecule has 0 amide bonds. The molecule has 2 nitrogen and oxygen atoms in total. The highest BCUT2D eigenvalue weighted by Gasteiger charge is 2.15. The Balaban J connectivity index is 1.87. The number of hydrogen-bond donors (Lipinski definition) is 0. The Labute approximate surface area is 122 Å². The first kappa shape index (κ1) is 11.7. The molecule has 0 saturated heterocycles. The van der Waals surface area contributed by atoms with E-state index in [4.69, 9.17) is 10.00 Å². The molecule has 3 aromatic carbocycles. The summed E-state index contributed by atoms with van der Waals surface area (Å²) in [4.78, 5) is 0. The topological polar surface area (TPSA) is 33.0 Å². The largest absolute Gasteiger partial charge is 0.456 e. The highest BCUT2D eigenvalue weighted by atomic mass is 16.5. The van der Waals surface area contributed by atoms with Gasteiger partial charge in [-0.1, -0.05) is 30.3 Å². The maximum Gasteiger partial charge on any atom is 0.135 e. The van der Waals surface area contributed by atoms with Gasteiger partial charge in [-0.2, -0.15) is 5.26 Å². The van der Waals surface area contributed by atoms with E-state index in [2.05, 4.69) is 36.4 Å². The molecule has 0 saturated carbocycles. The van der Waals surface area contributed by atoms with Gasteiger partial charge in [0.1, 0.15) is 11.5 Å². The van der Waals surface area contributed by atoms with Crippen LogP contribution in [0.15, 0.2) is 60.7 Å². The van der Waals surface area contributed by atoms with Crippen LogP contribution < -0.4 is 4.74 Å². The highest BCUT2D eigenvalue weighted by molar-refractivity contribution is 6.01. The summed E-state index contributed by atoms with van der Waals surface area (Å²) in [6.45, 7) is 0. The molecule has 0 bridgehead atoms. The van der Waals surface area contributed by atoms with E-state index in [9.17, 15) is 0 Å². The third kappa shape index (κ3) is 1.87. The van der Waals surface area contributed by atoms with E-state index in [1.165, 1.54) is 5.39 Å². The van der Waals surface area contributed by atoms with Gasteiger partial charge in [-0.05, 0) is 47.4 Å². The van der Waals surface area contributed by atoms with Crippen LogP contribution >= 0.6 is 0 Å². The molecule has 0 atom stereocenters. The molecule has 0 aliphatic carbocycles. The molecule has 0 spiro atoms. The Kier molecular flexibility index (Phi) is 2.52. The van der Waals surface area contributed by atoms with Crippen LogP contribution in [0.4, 0.5) is 0 Å². The Morgan fingerprint density at radius 1 is 0.857 bits per heavy atom. The van der Waals surface area contributed by atoms with Crippen molar-refractivity contribution >= 4 is 22.6 Å². The van der Waals surface area contributed by atoms with Crippen molar-refractivity contribution in [3.63, 3.8) is 0 Å². The maximum atomic E-state index is 8.87. The van der Waals surface area contributed by atoms with Crippen LogP contribution in [-0.4, -0.2) is 0 Å². The second-order valence-corrected chi connectivity index (χ2v) is 5.00. The molecular weight excluding hydrogens is 258 g/mol. The normalized spacial score (nSPS) is 12.4. The summed E-state index contributed by atoms with van der Waals surface area (Å²) in [5.41, 5.74) is 2.78. The average molecular weight is 269 g/mol. The third-order valence-corrected chi connectivity index (χ3v) is 3.70. The Bertz CT molecular complexity index is 909. The molecule has 4 rings (SSSR count). The van der Waals surface area contributed by atoms with Crippen molar-refractivity contribution < 1.29 is 4.74 Å². The molecule has 0 radical (unpaired) electrons. The Morgan fingerprint density at radius 2 is 1.62 bits per heavy atom. The maximum absolute atomic E-state index is 8.87. The molecule has 0 unspecified atom stereocenters. The van der Waals surface area contributed by atoms with E-state index in [0.29, 0.717) is 5.56 Å². The highest BCUT2D eigenvalue weighted by Crippen LogP contribution is 2.37. The lowest BCUT2D eigenvalue weighted by molar-refractivity contribution is 0.521. The summed E-state index contributed by atoms with van der Waals surface area (Å²) in [7, 11) is 0. The summed E-state index contributed by atoms with van der Waals surface area (Å²) >= 11 is 0. The number of nitrogens with zero attached hydrogens (tertiary/aromatic N) is 1. The van der Waals surface area contributed by atoms with Crippen LogP contribution in [-0.2, 0) is 0 Å². The molecule has 98 valence electrons. The molecule has 1 aliphatic rings. The zero-order chi connectivity index (χ0) is 14.2. The van der Waals surface area contributed by atoms with E-state index in [0.717, 1.165) is 28.0 Å². The summed E-state index contributed by atoms with van der Waals surface area (Å²) < 4.78 is 6.04. The van der Waals surface area contributed by atoms with Gasteiger partial charge in [0.25, 0.3) is 0 Å². The van der Waals surface area contributed by atoms with Gasteiger partial charge in [-0.25, -0.2) is 0 Å². The van der Waals surface area contributed by atoms with Gasteiger partial charge in [0.2, 0.25) is 0 Å². The van der Waals surface area contributed by atoms with Gasteiger partial charge in [-0.3, -0.25) is 0 Å². The van der Waals surface area contributed by atoms with Crippen molar-refractivity contribution in [2.45, 2.75) is 0 Å². The molecule has 21 heavy (non-hydrogen) atoms. The first-order valence-electron chi connectivity index (χ1n) is 6.77. The van der Waals surface area contributed by atoms with Crippen molar-refractivity contribution in [1.82, 2.24) is 0 Å². The lowest BCUT2D eigenvalue weighted by Crippen LogP contribution is -2.00. The zero-order valence-electron chi connectivity index (χ0n) is 11.2. The molecule has 1 heterocycles. The number of benzene rings is 3. The number of hydrogen-bond acceptors (Lipinski definition) is 2. The quantitative estimate of drug-likeness (QED) is 0.646. The van der Waals surface area contributed by atoms with Crippen LogP contribution in [0.25, 0.3) is 22.6 Å². The SMILES string of the molecule is N#Cc1ccc(C2=Cc3cccc4cccc(c34)O2)cc1. The minimum atomic E-state index is 0.651. The van der Waals surface area contributed by atoms with Crippen molar-refractivity contribution in [2.75, 3.05) is 0 Å². The minimum absolute atomic E-state index is 0.651. The van der Waals surface area contributed by atoms with Gasteiger partial charge >= 0.3 is 0 Å². The van der Waals surface area contributed by atoms with Crippen LogP contribution in [0.1, 0.15) is 16.7 Å². The van der Waals surface area contributed by atoms with Crippen molar-refractivity contribution in [3.8, 4) is 11.8 Å². The number of ether oxygens (including phenoxy) is 1. The molecular formula is C19H11NO. The molecule has 0 fully saturated rings. The molecule has 2 heteroatoms. The summed E-state index contributed by atoms with van der Waals surface area (Å²) in [5, 5.41) is 11.2. The average Bonchev–Trinajstić information content (AvgIpc) is 2.55. The number of rotatable bonds is 1. The lowest BCUT2D eigenvalue weighted by Gasteiger charge is -2.19.